The van der Waals surface area contributed by atoms with Gasteiger partial charge in [-0.25, -0.2) is 4.98 Å². The Morgan fingerprint density at radius 2 is 2.10 bits per heavy atom. The van der Waals surface area contributed by atoms with Crippen molar-refractivity contribution in [3.63, 3.8) is 0 Å². The van der Waals surface area contributed by atoms with E-state index in [2.05, 4.69) is 14.9 Å². The number of carbonyl (C=O) groups is 1. The highest BCUT2D eigenvalue weighted by Gasteiger charge is 2.31. The van der Waals surface area contributed by atoms with E-state index in [1.54, 1.807) is 19.5 Å². The Kier molecular flexibility index (Phi) is 6.54. The van der Waals surface area contributed by atoms with Gasteiger partial charge in [-0.15, -0.1) is 0 Å². The Morgan fingerprint density at radius 3 is 2.90 bits per heavy atom. The minimum atomic E-state index is -0.170. The lowest BCUT2D eigenvalue weighted by atomic mass is 9.99. The van der Waals surface area contributed by atoms with Crippen LogP contribution < -0.4 is 5.56 Å². The zero-order valence-electron chi connectivity index (χ0n) is 17.5. The molecule has 0 bridgehead atoms. The number of hydrogen-bond donors (Lipinski definition) is 1. The van der Waals surface area contributed by atoms with Crippen LogP contribution >= 0.6 is 0 Å². The number of fused-ring (bicyclic) bond motifs is 1. The van der Waals surface area contributed by atoms with E-state index < -0.39 is 0 Å². The van der Waals surface area contributed by atoms with Crippen molar-refractivity contribution < 1.29 is 9.53 Å². The number of aromatic amines is 1. The van der Waals surface area contributed by atoms with E-state index in [0.717, 1.165) is 43.6 Å². The third-order valence-electron chi connectivity index (χ3n) is 5.99. The molecular weight excluding hydrogens is 382 g/mol. The molecule has 0 radical (unpaired) electrons. The van der Waals surface area contributed by atoms with E-state index in [4.69, 9.17) is 9.72 Å². The molecule has 0 aliphatic carbocycles. The lowest BCUT2D eigenvalue weighted by molar-refractivity contribution is -0.136. The molecule has 2 aliphatic heterocycles. The molecule has 1 atom stereocenters. The first-order valence-corrected chi connectivity index (χ1v) is 10.7. The normalized spacial score (nSPS) is 19.5. The molecule has 1 N–H and O–H groups in total. The van der Waals surface area contributed by atoms with Crippen molar-refractivity contribution in [1.29, 1.82) is 0 Å². The quantitative estimate of drug-likeness (QED) is 0.780. The summed E-state index contributed by atoms with van der Waals surface area (Å²) >= 11 is 0. The summed E-state index contributed by atoms with van der Waals surface area (Å²) in [5.41, 5.74) is 2.75. The number of pyridine rings is 1. The number of methoxy groups -OCH3 is 1. The highest BCUT2D eigenvalue weighted by molar-refractivity contribution is 5.76. The lowest BCUT2D eigenvalue weighted by Crippen LogP contribution is -2.41. The maximum Gasteiger partial charge on any atom is 0.254 e. The molecule has 2 aromatic rings. The number of hydrogen-bond acceptors (Lipinski definition) is 6. The maximum atomic E-state index is 12.8. The summed E-state index contributed by atoms with van der Waals surface area (Å²) < 4.78 is 5.07. The van der Waals surface area contributed by atoms with Crippen LogP contribution in [0.4, 0.5) is 0 Å². The molecule has 1 saturated heterocycles. The van der Waals surface area contributed by atoms with Crippen LogP contribution in [-0.4, -0.2) is 57.5 Å². The maximum absolute atomic E-state index is 12.8. The van der Waals surface area contributed by atoms with Crippen LogP contribution in [0.15, 0.2) is 29.3 Å². The summed E-state index contributed by atoms with van der Waals surface area (Å²) in [4.78, 5) is 41.6. The fourth-order valence-corrected chi connectivity index (χ4v) is 4.40. The van der Waals surface area contributed by atoms with Gasteiger partial charge in [-0.1, -0.05) is 0 Å². The molecule has 160 valence electrons. The Bertz CT molecular complexity index is 930. The standard InChI is InChI=1S/C22H29N5O3/c1-30-13-8-20(28)27-11-3-2-4-19(27)21-24-18-15-26(12-7-17(18)22(29)25-21)14-16-5-9-23-10-6-16/h5-6,9-10,19H,2-4,7-8,11-15H2,1H3,(H,24,25,29)/t19-/m1/s1. The van der Waals surface area contributed by atoms with Crippen molar-refractivity contribution in [1.82, 2.24) is 24.8 Å². The van der Waals surface area contributed by atoms with Gasteiger partial charge in [-0.3, -0.25) is 19.5 Å². The van der Waals surface area contributed by atoms with E-state index in [9.17, 15) is 9.59 Å². The second kappa shape index (κ2) is 9.49. The predicted molar refractivity (Wildman–Crippen MR) is 112 cm³/mol. The number of piperidine rings is 1. The largest absolute Gasteiger partial charge is 0.384 e. The summed E-state index contributed by atoms with van der Waals surface area (Å²) in [5, 5.41) is 0. The zero-order valence-corrected chi connectivity index (χ0v) is 17.5. The molecule has 0 saturated carbocycles. The van der Waals surface area contributed by atoms with Gasteiger partial charge in [-0.05, 0) is 43.4 Å². The number of amides is 1. The molecule has 1 fully saturated rings. The van der Waals surface area contributed by atoms with Gasteiger partial charge in [0.2, 0.25) is 5.91 Å². The first-order valence-electron chi connectivity index (χ1n) is 10.7. The number of carbonyl (C=O) groups excluding carboxylic acids is 1. The average Bonchev–Trinajstić information content (AvgIpc) is 2.78. The Hall–Kier alpha value is -2.58. The average molecular weight is 412 g/mol. The number of aromatic nitrogens is 3. The van der Waals surface area contributed by atoms with Gasteiger partial charge < -0.3 is 14.6 Å². The molecular formula is C22H29N5O3. The third-order valence-corrected chi connectivity index (χ3v) is 5.99. The zero-order chi connectivity index (χ0) is 20.9. The van der Waals surface area contributed by atoms with Crippen molar-refractivity contribution in [2.45, 2.75) is 51.2 Å². The molecule has 4 heterocycles. The van der Waals surface area contributed by atoms with Gasteiger partial charge in [-0.2, -0.15) is 0 Å². The summed E-state index contributed by atoms with van der Waals surface area (Å²) in [6.45, 7) is 3.36. The van der Waals surface area contributed by atoms with Crippen molar-refractivity contribution in [2.75, 3.05) is 26.8 Å². The SMILES string of the molecule is COCCC(=O)N1CCCC[C@@H]1c1nc2c(c(=O)[nH]1)CCN(Cc1ccncc1)C2. The summed E-state index contributed by atoms with van der Waals surface area (Å²) in [5.74, 6) is 0.677. The van der Waals surface area contributed by atoms with E-state index >= 15 is 0 Å². The lowest BCUT2D eigenvalue weighted by Gasteiger charge is -2.36. The molecule has 4 rings (SSSR count). The van der Waals surface area contributed by atoms with E-state index in [1.807, 2.05) is 17.0 Å². The van der Waals surface area contributed by atoms with Crippen LogP contribution in [0.1, 0.15) is 54.4 Å². The summed E-state index contributed by atoms with van der Waals surface area (Å²) in [6.07, 6.45) is 7.45. The third kappa shape index (κ3) is 4.60. The van der Waals surface area contributed by atoms with Crippen molar-refractivity contribution in [3.05, 3.63) is 57.5 Å². The Balaban J connectivity index is 1.55. The fraction of sp³-hybridized carbons (Fsp3) is 0.545. The Morgan fingerprint density at radius 1 is 1.27 bits per heavy atom. The molecule has 8 nitrogen and oxygen atoms in total. The van der Waals surface area contributed by atoms with Gasteiger partial charge in [0.1, 0.15) is 5.82 Å². The minimum absolute atomic E-state index is 0.0567. The van der Waals surface area contributed by atoms with Gasteiger partial charge in [0.15, 0.2) is 0 Å². The molecule has 0 aromatic carbocycles. The summed E-state index contributed by atoms with van der Waals surface area (Å²) in [7, 11) is 1.60. The highest BCUT2D eigenvalue weighted by atomic mass is 16.5. The van der Waals surface area contributed by atoms with Gasteiger partial charge in [0.25, 0.3) is 5.56 Å². The number of rotatable bonds is 6. The molecule has 0 spiro atoms. The van der Waals surface area contributed by atoms with Crippen molar-refractivity contribution in [3.8, 4) is 0 Å². The van der Waals surface area contributed by atoms with Crippen LogP contribution in [0.25, 0.3) is 0 Å². The smallest absolute Gasteiger partial charge is 0.254 e. The fourth-order valence-electron chi connectivity index (χ4n) is 4.40. The van der Waals surface area contributed by atoms with Crippen molar-refractivity contribution in [2.24, 2.45) is 0 Å². The monoisotopic (exact) mass is 411 g/mol. The number of nitrogens with one attached hydrogen (secondary N) is 1. The Labute approximate surface area is 176 Å². The second-order valence-electron chi connectivity index (χ2n) is 8.03. The number of likely N-dealkylation sites (tertiary alicyclic amines) is 1. The molecule has 2 aliphatic rings. The molecule has 8 heteroatoms. The van der Waals surface area contributed by atoms with E-state index in [1.165, 1.54) is 5.56 Å². The van der Waals surface area contributed by atoms with E-state index in [0.29, 0.717) is 38.4 Å². The molecule has 2 aromatic heterocycles. The molecule has 1 amide bonds. The van der Waals surface area contributed by atoms with Gasteiger partial charge in [0, 0.05) is 51.2 Å². The van der Waals surface area contributed by atoms with Gasteiger partial charge >= 0.3 is 0 Å². The van der Waals surface area contributed by atoms with Crippen LogP contribution in [0.2, 0.25) is 0 Å². The first kappa shape index (κ1) is 20.7. The predicted octanol–water partition coefficient (Wildman–Crippen LogP) is 1.81. The molecule has 30 heavy (non-hydrogen) atoms. The number of nitrogens with zero attached hydrogens (tertiary/aromatic N) is 4. The topological polar surface area (TPSA) is 91.4 Å². The van der Waals surface area contributed by atoms with Gasteiger partial charge in [0.05, 0.1) is 24.8 Å². The second-order valence-corrected chi connectivity index (χ2v) is 8.03. The number of H-pyrrole nitrogens is 1. The van der Waals surface area contributed by atoms with Crippen LogP contribution in [0.3, 0.4) is 0 Å². The van der Waals surface area contributed by atoms with Crippen molar-refractivity contribution >= 4 is 5.91 Å². The van der Waals surface area contributed by atoms with Crippen LogP contribution in [0, 0.1) is 0 Å². The van der Waals surface area contributed by atoms with Crippen LogP contribution in [-0.2, 0) is 29.0 Å². The van der Waals surface area contributed by atoms with Crippen LogP contribution in [0.5, 0.6) is 0 Å². The summed E-state index contributed by atoms with van der Waals surface area (Å²) in [6, 6.07) is 3.85. The molecule has 0 unspecified atom stereocenters. The first-order chi connectivity index (χ1) is 14.7. The highest BCUT2D eigenvalue weighted by Crippen LogP contribution is 2.30. The van der Waals surface area contributed by atoms with E-state index in [-0.39, 0.29) is 17.5 Å². The number of ether oxygens (including phenoxy) is 1. The minimum Gasteiger partial charge on any atom is -0.384 e.